The largest absolute Gasteiger partial charge is 0.373 e. The van der Waals surface area contributed by atoms with E-state index in [1.807, 2.05) is 49.9 Å². The standard InChI is InChI=1S/C44H59FN6O5.C2H6.H3NS/c1-32-7-5-6-10-36(32)39(48-46-31-52)26-35-11-12-38(45)37(25-35)42(55)51-23-21-50(22-24-51)41(54)29-49-19-13-34(14-20-49)28-44-17-15-43(16-18-44,30-56-44)47-40(53)27-33-8-3-2-4-9-33;2*1-2/h5-7,10-12,25,31,33-34H,2-4,8-9,13-24,26-30H2,1H3,(H,46,52)(H,47,53);1-2H3;2H,1H2/b48-39-;;. The van der Waals surface area contributed by atoms with Crippen molar-refractivity contribution in [1.82, 2.24) is 25.4 Å². The Balaban J connectivity index is 0.00000166. The van der Waals surface area contributed by atoms with Gasteiger partial charge in [0.2, 0.25) is 18.2 Å². The molecule has 60 heavy (non-hydrogen) atoms. The van der Waals surface area contributed by atoms with Crippen molar-refractivity contribution in [3.05, 3.63) is 70.5 Å². The van der Waals surface area contributed by atoms with E-state index in [9.17, 15) is 19.2 Å². The fourth-order valence-electron chi connectivity index (χ4n) is 9.92. The van der Waals surface area contributed by atoms with Crippen LogP contribution in [-0.4, -0.2) is 108 Å². The second kappa shape index (κ2) is 22.8. The Kier molecular flexibility index (Phi) is 18.0. The first-order valence-corrected chi connectivity index (χ1v) is 22.8. The summed E-state index contributed by atoms with van der Waals surface area (Å²) in [6.07, 6.45) is 14.8. The molecule has 14 heteroatoms. The van der Waals surface area contributed by atoms with Gasteiger partial charge in [-0.05, 0) is 113 Å². The van der Waals surface area contributed by atoms with Gasteiger partial charge in [0.15, 0.2) is 0 Å². The number of fused-ring (bicyclic) bond motifs is 3. The molecule has 330 valence electrons. The van der Waals surface area contributed by atoms with Crippen molar-refractivity contribution in [2.75, 3.05) is 52.4 Å². The highest BCUT2D eigenvalue weighted by Crippen LogP contribution is 2.48. The quantitative estimate of drug-likeness (QED) is 0.0813. The van der Waals surface area contributed by atoms with Crippen molar-refractivity contribution >= 4 is 42.7 Å². The summed E-state index contributed by atoms with van der Waals surface area (Å²) in [5.41, 5.74) is 5.23. The summed E-state index contributed by atoms with van der Waals surface area (Å²) in [6.45, 7) is 10.2. The molecule has 4 aliphatic heterocycles. The first-order valence-electron chi connectivity index (χ1n) is 22.2. The number of hydrazone groups is 1. The molecule has 6 aliphatic rings. The van der Waals surface area contributed by atoms with Gasteiger partial charge >= 0.3 is 0 Å². The molecule has 0 atom stereocenters. The summed E-state index contributed by atoms with van der Waals surface area (Å²) in [5, 5.41) is 11.8. The molecule has 12 nitrogen and oxygen atoms in total. The third kappa shape index (κ3) is 12.4. The number of hydrogen-bond acceptors (Lipinski definition) is 9. The van der Waals surface area contributed by atoms with Crippen LogP contribution in [-0.2, 0) is 25.5 Å². The van der Waals surface area contributed by atoms with E-state index in [0.717, 1.165) is 69.2 Å². The summed E-state index contributed by atoms with van der Waals surface area (Å²) in [6, 6.07) is 12.2. The number of nitrogens with two attached hydrogens (primary N) is 1. The lowest BCUT2D eigenvalue weighted by Crippen LogP contribution is -2.63. The number of carbonyl (C=O) groups excluding carboxylic acids is 4. The number of halogens is 1. The first kappa shape index (κ1) is 47.2. The van der Waals surface area contributed by atoms with Gasteiger partial charge in [0, 0.05) is 44.6 Å². The third-order valence-corrected chi connectivity index (χ3v) is 13.4. The van der Waals surface area contributed by atoms with Crippen LogP contribution in [0.25, 0.3) is 0 Å². The van der Waals surface area contributed by atoms with Gasteiger partial charge in [0.05, 0.1) is 35.6 Å². The Bertz CT molecular complexity index is 1750. The molecular formula is C46H68FN7O5S. The highest BCUT2D eigenvalue weighted by molar-refractivity contribution is 7.77. The molecular weight excluding hydrogens is 782 g/mol. The lowest BCUT2D eigenvalue weighted by Gasteiger charge is -2.54. The summed E-state index contributed by atoms with van der Waals surface area (Å²) >= 11 is 3.03. The summed E-state index contributed by atoms with van der Waals surface area (Å²) < 4.78 is 21.7. The number of nitrogens with zero attached hydrogens (tertiary/aromatic N) is 4. The molecule has 2 aromatic carbocycles. The molecule has 6 fully saturated rings. The zero-order valence-electron chi connectivity index (χ0n) is 36.1. The van der Waals surface area contributed by atoms with Crippen LogP contribution < -0.4 is 15.9 Å². The van der Waals surface area contributed by atoms with Crippen LogP contribution in [0.5, 0.6) is 0 Å². The van der Waals surface area contributed by atoms with Crippen molar-refractivity contribution in [3.8, 4) is 0 Å². The van der Waals surface area contributed by atoms with Crippen LogP contribution in [0.2, 0.25) is 0 Å². The molecule has 4 saturated heterocycles. The number of rotatable bonds is 13. The minimum absolute atomic E-state index is 0.0139. The Morgan fingerprint density at radius 3 is 2.18 bits per heavy atom. The van der Waals surface area contributed by atoms with E-state index < -0.39 is 11.7 Å². The zero-order valence-corrected chi connectivity index (χ0v) is 37.0. The van der Waals surface area contributed by atoms with Crippen LogP contribution in [0.4, 0.5) is 4.39 Å². The van der Waals surface area contributed by atoms with Gasteiger partial charge in [-0.25, -0.2) is 9.82 Å². The van der Waals surface area contributed by atoms with Gasteiger partial charge in [-0.2, -0.15) is 5.10 Å². The van der Waals surface area contributed by atoms with Crippen molar-refractivity contribution in [1.29, 1.82) is 0 Å². The minimum Gasteiger partial charge on any atom is -0.373 e. The van der Waals surface area contributed by atoms with E-state index in [2.05, 4.69) is 38.7 Å². The predicted molar refractivity (Wildman–Crippen MR) is 237 cm³/mol. The average molecular weight is 850 g/mol. The molecule has 2 aliphatic carbocycles. The van der Waals surface area contributed by atoms with Gasteiger partial charge in [0.25, 0.3) is 5.91 Å². The van der Waals surface area contributed by atoms with Crippen molar-refractivity contribution in [2.24, 2.45) is 22.1 Å². The van der Waals surface area contributed by atoms with Crippen molar-refractivity contribution in [2.45, 2.75) is 122 Å². The van der Waals surface area contributed by atoms with E-state index in [1.165, 1.54) is 38.2 Å². The smallest absolute Gasteiger partial charge is 0.256 e. The highest BCUT2D eigenvalue weighted by atomic mass is 32.1. The number of benzene rings is 2. The maximum absolute atomic E-state index is 15.1. The molecule has 2 saturated carbocycles. The van der Waals surface area contributed by atoms with E-state index in [-0.39, 0.29) is 28.5 Å². The van der Waals surface area contributed by atoms with Gasteiger partial charge in [0.1, 0.15) is 5.82 Å². The topological polar surface area (TPSA) is 150 Å². The molecule has 8 rings (SSSR count). The third-order valence-electron chi connectivity index (χ3n) is 13.4. The first-order chi connectivity index (χ1) is 29.1. The lowest BCUT2D eigenvalue weighted by molar-refractivity contribution is -0.176. The summed E-state index contributed by atoms with van der Waals surface area (Å²) in [7, 11) is 0. The number of thiol groups is 1. The summed E-state index contributed by atoms with van der Waals surface area (Å²) in [5.74, 6) is 0.396. The number of nitrogens with one attached hydrogen (secondary N) is 2. The normalized spacial score (nSPS) is 23.7. The zero-order chi connectivity index (χ0) is 43.1. The van der Waals surface area contributed by atoms with E-state index in [1.54, 1.807) is 17.0 Å². The second-order valence-electron chi connectivity index (χ2n) is 17.2. The molecule has 0 aromatic heterocycles. The molecule has 0 unspecified atom stereocenters. The van der Waals surface area contributed by atoms with Crippen LogP contribution >= 0.6 is 12.8 Å². The Hall–Kier alpha value is -3.85. The SMILES string of the molecule is CC.Cc1ccccc1/C(Cc1ccc(F)c(C(=O)N2CCN(C(=O)CN3CCC(CC45CCC(NC(=O)CC6CCCCC6)(CC4)CO5)CC3)CC2)c1)=N\NC=O.NS. The molecule has 0 spiro atoms. The fraction of sp³-hybridized carbons (Fsp3) is 0.630. The number of piperazine rings is 1. The maximum atomic E-state index is 15.1. The molecule has 4 heterocycles. The number of aryl methyl sites for hydroxylation is 1. The predicted octanol–water partition coefficient (Wildman–Crippen LogP) is 6.20. The lowest BCUT2D eigenvalue weighted by atomic mass is 9.67. The second-order valence-corrected chi connectivity index (χ2v) is 17.2. The van der Waals surface area contributed by atoms with Gasteiger partial charge in [-0.1, -0.05) is 63.4 Å². The molecule has 2 bridgehead atoms. The van der Waals surface area contributed by atoms with E-state index >= 15 is 4.39 Å². The number of hydrogen-bond donors (Lipinski definition) is 4. The number of ether oxygens (including phenoxy) is 1. The average Bonchev–Trinajstić information content (AvgIpc) is 3.28. The highest BCUT2D eigenvalue weighted by Gasteiger charge is 2.51. The van der Waals surface area contributed by atoms with E-state index in [0.29, 0.717) is 81.7 Å². The van der Waals surface area contributed by atoms with Crippen LogP contribution in [0.15, 0.2) is 47.6 Å². The molecule has 4 N–H and O–H groups in total. The van der Waals surface area contributed by atoms with Gasteiger partial charge in [-0.3, -0.25) is 29.2 Å². The fourth-order valence-corrected chi connectivity index (χ4v) is 9.92. The van der Waals surface area contributed by atoms with Crippen molar-refractivity contribution < 1.29 is 28.3 Å². The maximum Gasteiger partial charge on any atom is 0.256 e. The van der Waals surface area contributed by atoms with Crippen LogP contribution in [0, 0.1) is 24.6 Å². The summed E-state index contributed by atoms with van der Waals surface area (Å²) in [4.78, 5) is 56.6. The van der Waals surface area contributed by atoms with Crippen molar-refractivity contribution in [3.63, 3.8) is 0 Å². The number of likely N-dealkylation sites (tertiary alicyclic amines) is 1. The number of amides is 4. The Morgan fingerprint density at radius 1 is 0.883 bits per heavy atom. The number of carbonyl (C=O) groups is 4. The Labute approximate surface area is 362 Å². The van der Waals surface area contributed by atoms with E-state index in [4.69, 9.17) is 4.74 Å². The van der Waals surface area contributed by atoms with Crippen LogP contribution in [0.1, 0.15) is 124 Å². The van der Waals surface area contributed by atoms with Crippen LogP contribution in [0.3, 0.4) is 0 Å². The number of piperidine rings is 1. The molecule has 2 aromatic rings. The monoisotopic (exact) mass is 849 g/mol. The van der Waals surface area contributed by atoms with Gasteiger partial charge in [-0.15, -0.1) is 12.8 Å². The molecule has 0 radical (unpaired) electrons. The van der Waals surface area contributed by atoms with Gasteiger partial charge < -0.3 is 19.9 Å². The molecule has 4 amide bonds. The minimum atomic E-state index is -0.596. The Morgan fingerprint density at radius 2 is 1.55 bits per heavy atom.